The van der Waals surface area contributed by atoms with Crippen molar-refractivity contribution in [3.63, 3.8) is 0 Å². The van der Waals surface area contributed by atoms with Crippen molar-refractivity contribution in [3.05, 3.63) is 65.2 Å². The second kappa shape index (κ2) is 9.17. The number of imide groups is 1. The molecule has 4 amide bonds. The van der Waals surface area contributed by atoms with E-state index < -0.39 is 18.0 Å². The highest BCUT2D eigenvalue weighted by molar-refractivity contribution is 6.05. The number of benzene rings is 2. The Balaban J connectivity index is 1.15. The van der Waals surface area contributed by atoms with E-state index in [1.165, 1.54) is 4.90 Å². The molecule has 34 heavy (non-hydrogen) atoms. The zero-order valence-electron chi connectivity index (χ0n) is 18.6. The molecule has 0 bridgehead atoms. The van der Waals surface area contributed by atoms with E-state index >= 15 is 0 Å². The molecule has 2 atom stereocenters. The summed E-state index contributed by atoms with van der Waals surface area (Å²) in [6, 6.07) is 14.2. The van der Waals surface area contributed by atoms with Crippen molar-refractivity contribution in [2.75, 3.05) is 13.1 Å². The third kappa shape index (κ3) is 4.46. The van der Waals surface area contributed by atoms with Gasteiger partial charge in [-0.1, -0.05) is 30.3 Å². The van der Waals surface area contributed by atoms with Crippen LogP contribution in [0.4, 0.5) is 4.79 Å². The first-order valence-electron chi connectivity index (χ1n) is 11.4. The maximum Gasteiger partial charge on any atom is 0.410 e. The van der Waals surface area contributed by atoms with Gasteiger partial charge in [0.25, 0.3) is 5.91 Å². The average molecular weight is 463 g/mol. The summed E-state index contributed by atoms with van der Waals surface area (Å²) in [5, 5.41) is 2.30. The largest absolute Gasteiger partial charge is 0.489 e. The van der Waals surface area contributed by atoms with Gasteiger partial charge >= 0.3 is 6.09 Å². The minimum Gasteiger partial charge on any atom is -0.489 e. The molecule has 2 saturated heterocycles. The van der Waals surface area contributed by atoms with Crippen molar-refractivity contribution in [2.24, 2.45) is 0 Å². The summed E-state index contributed by atoms with van der Waals surface area (Å²) < 4.78 is 11.4. The zero-order chi connectivity index (χ0) is 23.7. The Bertz CT molecular complexity index is 1130. The van der Waals surface area contributed by atoms with Crippen molar-refractivity contribution >= 4 is 23.8 Å². The van der Waals surface area contributed by atoms with E-state index in [2.05, 4.69) is 5.32 Å². The molecule has 9 nitrogen and oxygen atoms in total. The fraction of sp³-hybridized carbons (Fsp3) is 0.360. The summed E-state index contributed by atoms with van der Waals surface area (Å²) in [6.45, 7) is 1.37. The molecule has 3 heterocycles. The summed E-state index contributed by atoms with van der Waals surface area (Å²) in [6.07, 6.45) is 0.764. The molecule has 5 rings (SSSR count). The van der Waals surface area contributed by atoms with E-state index in [-0.39, 0.29) is 30.9 Å². The van der Waals surface area contributed by atoms with Crippen LogP contribution in [0.15, 0.2) is 48.5 Å². The SMILES string of the molecule is O=C1CCC(N2Cc3ccc(COC(=O)N4CCC(Oc5ccccc5)C4)cc3C2=O)C(=O)N1. The van der Waals surface area contributed by atoms with Gasteiger partial charge in [0.15, 0.2) is 0 Å². The smallest absolute Gasteiger partial charge is 0.410 e. The van der Waals surface area contributed by atoms with Crippen LogP contribution in [-0.2, 0) is 27.5 Å². The van der Waals surface area contributed by atoms with E-state index in [9.17, 15) is 19.2 Å². The minimum absolute atomic E-state index is 0.0402. The van der Waals surface area contributed by atoms with Gasteiger partial charge in [0.05, 0.1) is 6.54 Å². The molecule has 9 heteroatoms. The predicted octanol–water partition coefficient (Wildman–Crippen LogP) is 2.24. The monoisotopic (exact) mass is 463 g/mol. The second-order valence-electron chi connectivity index (χ2n) is 8.73. The highest BCUT2D eigenvalue weighted by Crippen LogP contribution is 2.28. The van der Waals surface area contributed by atoms with Crippen LogP contribution in [0.3, 0.4) is 0 Å². The van der Waals surface area contributed by atoms with Crippen molar-refractivity contribution < 1.29 is 28.7 Å². The lowest BCUT2D eigenvalue weighted by atomic mass is 10.0. The molecule has 0 radical (unpaired) electrons. The Morgan fingerprint density at radius 2 is 1.88 bits per heavy atom. The molecule has 3 aliphatic heterocycles. The molecule has 0 saturated carbocycles. The number of piperidine rings is 1. The van der Waals surface area contributed by atoms with Crippen LogP contribution in [0.5, 0.6) is 5.75 Å². The van der Waals surface area contributed by atoms with Crippen molar-refractivity contribution in [3.8, 4) is 5.75 Å². The highest BCUT2D eigenvalue weighted by atomic mass is 16.6. The molecule has 0 aromatic heterocycles. The first kappa shape index (κ1) is 21.9. The van der Waals surface area contributed by atoms with E-state index in [0.717, 1.165) is 17.7 Å². The van der Waals surface area contributed by atoms with Crippen LogP contribution in [0, 0.1) is 0 Å². The van der Waals surface area contributed by atoms with Crippen molar-refractivity contribution in [1.29, 1.82) is 0 Å². The molecule has 176 valence electrons. The summed E-state index contributed by atoms with van der Waals surface area (Å²) in [5.41, 5.74) is 2.00. The minimum atomic E-state index is -0.653. The Labute approximate surface area is 196 Å². The van der Waals surface area contributed by atoms with Crippen LogP contribution in [0.1, 0.15) is 40.7 Å². The molecule has 3 aliphatic rings. The number of fused-ring (bicyclic) bond motifs is 1. The van der Waals surface area contributed by atoms with Gasteiger partial charge in [0.2, 0.25) is 11.8 Å². The van der Waals surface area contributed by atoms with Crippen LogP contribution < -0.4 is 10.1 Å². The van der Waals surface area contributed by atoms with Gasteiger partial charge < -0.3 is 19.3 Å². The Morgan fingerprint density at radius 1 is 1.06 bits per heavy atom. The van der Waals surface area contributed by atoms with Gasteiger partial charge in [-0.2, -0.15) is 0 Å². The quantitative estimate of drug-likeness (QED) is 0.682. The Kier molecular flexibility index (Phi) is 5.91. The molecule has 1 N–H and O–H groups in total. The number of nitrogens with zero attached hydrogens (tertiary/aromatic N) is 2. The molecule has 2 unspecified atom stereocenters. The summed E-state index contributed by atoms with van der Waals surface area (Å²) >= 11 is 0. The van der Waals surface area contributed by atoms with Crippen molar-refractivity contribution in [1.82, 2.24) is 15.1 Å². The standard InChI is InChI=1S/C25H25N3O6/c29-22-9-8-21(23(30)26-22)28-13-17-7-6-16(12-20(17)24(28)31)15-33-25(32)27-11-10-19(14-27)34-18-4-2-1-3-5-18/h1-7,12,19,21H,8-11,13-15H2,(H,26,29,30). The number of hydrogen-bond acceptors (Lipinski definition) is 6. The number of nitrogens with one attached hydrogen (secondary N) is 1. The molecular formula is C25H25N3O6. The number of ether oxygens (including phenoxy) is 2. The molecule has 0 aliphatic carbocycles. The van der Waals surface area contributed by atoms with Gasteiger partial charge in [-0.15, -0.1) is 0 Å². The number of amides is 4. The van der Waals surface area contributed by atoms with E-state index in [1.54, 1.807) is 11.0 Å². The van der Waals surface area contributed by atoms with E-state index in [0.29, 0.717) is 37.2 Å². The molecule has 2 aromatic carbocycles. The van der Waals surface area contributed by atoms with Gasteiger partial charge in [-0.05, 0) is 35.7 Å². The van der Waals surface area contributed by atoms with E-state index in [4.69, 9.17) is 9.47 Å². The average Bonchev–Trinajstić information content (AvgIpc) is 3.43. The summed E-state index contributed by atoms with van der Waals surface area (Å²) in [5.74, 6) is -0.229. The summed E-state index contributed by atoms with van der Waals surface area (Å²) in [7, 11) is 0. The number of rotatable bonds is 5. The number of carbonyl (C=O) groups is 4. The lowest BCUT2D eigenvalue weighted by molar-refractivity contribution is -0.136. The second-order valence-corrected chi connectivity index (χ2v) is 8.73. The van der Waals surface area contributed by atoms with Crippen molar-refractivity contribution in [2.45, 2.75) is 44.6 Å². The number of carbonyl (C=O) groups excluding carboxylic acids is 4. The number of hydrogen-bond donors (Lipinski definition) is 1. The summed E-state index contributed by atoms with van der Waals surface area (Å²) in [4.78, 5) is 52.2. The lowest BCUT2D eigenvalue weighted by Crippen LogP contribution is -2.52. The fourth-order valence-corrected chi connectivity index (χ4v) is 4.61. The van der Waals surface area contributed by atoms with Gasteiger partial charge in [0, 0.05) is 31.5 Å². The molecule has 0 spiro atoms. The number of para-hydroxylation sites is 1. The van der Waals surface area contributed by atoms with Gasteiger partial charge in [-0.3, -0.25) is 19.7 Å². The van der Waals surface area contributed by atoms with Crippen LogP contribution in [0.2, 0.25) is 0 Å². The highest BCUT2D eigenvalue weighted by Gasteiger charge is 2.39. The van der Waals surface area contributed by atoms with Crippen LogP contribution >= 0.6 is 0 Å². The first-order chi connectivity index (χ1) is 16.5. The molecule has 2 aromatic rings. The van der Waals surface area contributed by atoms with Gasteiger partial charge in [-0.25, -0.2) is 4.79 Å². The predicted molar refractivity (Wildman–Crippen MR) is 120 cm³/mol. The zero-order valence-corrected chi connectivity index (χ0v) is 18.6. The third-order valence-electron chi connectivity index (χ3n) is 6.40. The third-order valence-corrected chi connectivity index (χ3v) is 6.40. The van der Waals surface area contributed by atoms with Crippen LogP contribution in [-0.4, -0.2) is 58.8 Å². The normalized spacial score (nSPS) is 21.9. The van der Waals surface area contributed by atoms with Gasteiger partial charge in [0.1, 0.15) is 24.5 Å². The topological polar surface area (TPSA) is 105 Å². The molecular weight excluding hydrogens is 438 g/mol. The first-order valence-corrected chi connectivity index (χ1v) is 11.4. The molecule has 2 fully saturated rings. The van der Waals surface area contributed by atoms with Crippen LogP contribution in [0.25, 0.3) is 0 Å². The fourth-order valence-electron chi connectivity index (χ4n) is 4.61. The van der Waals surface area contributed by atoms with E-state index in [1.807, 2.05) is 42.5 Å². The maximum absolute atomic E-state index is 12.9. The maximum atomic E-state index is 12.9. The Morgan fingerprint density at radius 3 is 2.68 bits per heavy atom. The number of likely N-dealkylation sites (tertiary alicyclic amines) is 1. The lowest BCUT2D eigenvalue weighted by Gasteiger charge is -2.29. The Hall–Kier alpha value is -3.88.